The molecule has 2 rings (SSSR count). The van der Waals surface area contributed by atoms with Crippen LogP contribution in [0, 0.1) is 0 Å². The molecule has 1 unspecified atom stereocenters. The van der Waals surface area contributed by atoms with Gasteiger partial charge in [-0.15, -0.1) is 0 Å². The molecular weight excluding hydrogens is 202 g/mol. The average Bonchev–Trinajstić information content (AvgIpc) is 2.89. The lowest BCUT2D eigenvalue weighted by Gasteiger charge is -2.10. The highest BCUT2D eigenvalue weighted by atomic mass is 16.3. The molecule has 2 heterocycles. The number of rotatable bonds is 5. The van der Waals surface area contributed by atoms with Gasteiger partial charge in [0.25, 0.3) is 0 Å². The fourth-order valence-corrected chi connectivity index (χ4v) is 1.65. The Labute approximate surface area is 95.3 Å². The van der Waals surface area contributed by atoms with Crippen molar-refractivity contribution in [1.29, 1.82) is 0 Å². The molecule has 0 radical (unpaired) electrons. The molecule has 0 saturated carbocycles. The highest BCUT2D eigenvalue weighted by molar-refractivity contribution is 5.10. The molecule has 4 nitrogen and oxygen atoms in total. The monoisotopic (exact) mass is 219 g/mol. The van der Waals surface area contributed by atoms with Gasteiger partial charge >= 0.3 is 0 Å². The van der Waals surface area contributed by atoms with Crippen molar-refractivity contribution in [2.24, 2.45) is 7.05 Å². The van der Waals surface area contributed by atoms with Gasteiger partial charge in [-0.3, -0.25) is 4.68 Å². The second-order valence-electron chi connectivity index (χ2n) is 3.96. The summed E-state index contributed by atoms with van der Waals surface area (Å²) in [7, 11) is 1.94. The normalized spacial score (nSPS) is 12.9. The molecule has 0 aromatic carbocycles. The van der Waals surface area contributed by atoms with Crippen LogP contribution in [-0.4, -0.2) is 16.3 Å². The quantitative estimate of drug-likeness (QED) is 0.835. The summed E-state index contributed by atoms with van der Waals surface area (Å²) in [6.45, 7) is 3.05. The minimum Gasteiger partial charge on any atom is -0.472 e. The molecule has 2 aromatic heterocycles. The van der Waals surface area contributed by atoms with Crippen molar-refractivity contribution in [2.45, 2.75) is 19.4 Å². The smallest absolute Gasteiger partial charge is 0.0950 e. The topological polar surface area (TPSA) is 43.0 Å². The third-order valence-electron chi connectivity index (χ3n) is 2.64. The van der Waals surface area contributed by atoms with E-state index in [2.05, 4.69) is 17.3 Å². The van der Waals surface area contributed by atoms with Crippen molar-refractivity contribution in [3.05, 3.63) is 42.1 Å². The lowest BCUT2D eigenvalue weighted by molar-refractivity contribution is 0.538. The fourth-order valence-electron chi connectivity index (χ4n) is 1.65. The van der Waals surface area contributed by atoms with E-state index in [1.807, 2.05) is 30.1 Å². The molecule has 16 heavy (non-hydrogen) atoms. The maximum absolute atomic E-state index is 5.05. The number of hydrogen-bond acceptors (Lipinski definition) is 3. The van der Waals surface area contributed by atoms with E-state index in [4.69, 9.17) is 4.42 Å². The van der Waals surface area contributed by atoms with Crippen molar-refractivity contribution in [2.75, 3.05) is 6.54 Å². The van der Waals surface area contributed by atoms with Crippen LogP contribution in [0.5, 0.6) is 0 Å². The van der Waals surface area contributed by atoms with Crippen molar-refractivity contribution in [3.63, 3.8) is 0 Å². The zero-order valence-electron chi connectivity index (χ0n) is 9.68. The van der Waals surface area contributed by atoms with Crippen molar-refractivity contribution < 1.29 is 4.42 Å². The number of aromatic nitrogens is 2. The molecule has 0 bridgehead atoms. The molecule has 4 heteroatoms. The van der Waals surface area contributed by atoms with Crippen molar-refractivity contribution in [3.8, 4) is 0 Å². The Morgan fingerprint density at radius 3 is 3.00 bits per heavy atom. The Bertz CT molecular complexity index is 419. The number of aryl methyl sites for hydroxylation is 1. The second kappa shape index (κ2) is 4.99. The summed E-state index contributed by atoms with van der Waals surface area (Å²) in [6, 6.07) is 4.35. The molecule has 1 N–H and O–H groups in total. The van der Waals surface area contributed by atoms with Gasteiger partial charge in [0.05, 0.1) is 18.2 Å². The van der Waals surface area contributed by atoms with E-state index in [1.165, 1.54) is 5.56 Å². The molecule has 0 fully saturated rings. The van der Waals surface area contributed by atoms with E-state index < -0.39 is 0 Å². The van der Waals surface area contributed by atoms with Crippen molar-refractivity contribution >= 4 is 0 Å². The maximum Gasteiger partial charge on any atom is 0.0950 e. The molecule has 0 aliphatic rings. The maximum atomic E-state index is 5.05. The highest BCUT2D eigenvalue weighted by Gasteiger charge is 2.05. The molecule has 2 aromatic rings. The third-order valence-corrected chi connectivity index (χ3v) is 2.64. The Morgan fingerprint density at radius 2 is 2.38 bits per heavy atom. The van der Waals surface area contributed by atoms with Crippen molar-refractivity contribution in [1.82, 2.24) is 15.1 Å². The Kier molecular flexibility index (Phi) is 3.41. The lowest BCUT2D eigenvalue weighted by atomic mass is 10.2. The van der Waals surface area contributed by atoms with Gasteiger partial charge in [0.15, 0.2) is 0 Å². The first kappa shape index (κ1) is 11.0. The summed E-state index contributed by atoms with van der Waals surface area (Å²) in [6.07, 6.45) is 6.39. The minimum atomic E-state index is 0.322. The summed E-state index contributed by atoms with van der Waals surface area (Å²) >= 11 is 0. The van der Waals surface area contributed by atoms with Crippen LogP contribution in [0.3, 0.4) is 0 Å². The number of nitrogens with one attached hydrogen (secondary N) is 1. The predicted octanol–water partition coefficient (Wildman–Crippen LogP) is 1.91. The van der Waals surface area contributed by atoms with Gasteiger partial charge in [0.2, 0.25) is 0 Å². The largest absolute Gasteiger partial charge is 0.472 e. The molecule has 0 spiro atoms. The van der Waals surface area contributed by atoms with E-state index in [0.29, 0.717) is 6.04 Å². The minimum absolute atomic E-state index is 0.322. The Hall–Kier alpha value is -1.55. The van der Waals surface area contributed by atoms with Gasteiger partial charge < -0.3 is 9.73 Å². The van der Waals surface area contributed by atoms with Gasteiger partial charge in [-0.05, 0) is 19.1 Å². The van der Waals surface area contributed by atoms with Crippen LogP contribution in [0.2, 0.25) is 0 Å². The van der Waals surface area contributed by atoms with Gasteiger partial charge in [0, 0.05) is 37.8 Å². The molecule has 0 aliphatic heterocycles. The molecule has 86 valence electrons. The first-order valence-corrected chi connectivity index (χ1v) is 5.49. The van der Waals surface area contributed by atoms with Gasteiger partial charge in [-0.25, -0.2) is 0 Å². The van der Waals surface area contributed by atoms with Crippen LogP contribution in [0.4, 0.5) is 0 Å². The number of nitrogens with zero attached hydrogens (tertiary/aromatic N) is 2. The molecule has 1 atom stereocenters. The van der Waals surface area contributed by atoms with Crippen LogP contribution in [0.15, 0.2) is 35.3 Å². The highest BCUT2D eigenvalue weighted by Crippen LogP contribution is 2.11. The zero-order valence-corrected chi connectivity index (χ0v) is 9.68. The van der Waals surface area contributed by atoms with Crippen LogP contribution >= 0.6 is 0 Å². The van der Waals surface area contributed by atoms with Crippen LogP contribution in [0.25, 0.3) is 0 Å². The Morgan fingerprint density at radius 1 is 1.50 bits per heavy atom. The van der Waals surface area contributed by atoms with Crippen LogP contribution in [-0.2, 0) is 13.5 Å². The molecular formula is C12H17N3O. The summed E-state index contributed by atoms with van der Waals surface area (Å²) in [5.74, 6) is 0. The van der Waals surface area contributed by atoms with E-state index in [-0.39, 0.29) is 0 Å². The summed E-state index contributed by atoms with van der Waals surface area (Å²) in [5.41, 5.74) is 2.30. The van der Waals surface area contributed by atoms with Gasteiger partial charge in [0.1, 0.15) is 0 Å². The molecule has 0 saturated heterocycles. The second-order valence-corrected chi connectivity index (χ2v) is 3.96. The average molecular weight is 219 g/mol. The lowest BCUT2D eigenvalue weighted by Crippen LogP contribution is -2.21. The fraction of sp³-hybridized carbons (Fsp3) is 0.417. The number of furan rings is 1. The third kappa shape index (κ3) is 2.73. The standard InChI is InChI=1S/C12H17N3O/c1-10(11-5-8-16-9-11)13-6-3-12-4-7-15(2)14-12/h4-5,7-10,13H,3,6H2,1-2H3. The zero-order chi connectivity index (χ0) is 11.4. The van der Waals surface area contributed by atoms with E-state index >= 15 is 0 Å². The van der Waals surface area contributed by atoms with Gasteiger partial charge in [-0.1, -0.05) is 0 Å². The first-order valence-electron chi connectivity index (χ1n) is 5.49. The van der Waals surface area contributed by atoms with Crippen LogP contribution in [0.1, 0.15) is 24.2 Å². The summed E-state index contributed by atoms with van der Waals surface area (Å²) in [4.78, 5) is 0. The van der Waals surface area contributed by atoms with E-state index in [9.17, 15) is 0 Å². The first-order chi connectivity index (χ1) is 7.75. The molecule has 0 amide bonds. The Balaban J connectivity index is 1.76. The van der Waals surface area contributed by atoms with E-state index in [0.717, 1.165) is 18.7 Å². The van der Waals surface area contributed by atoms with Crippen LogP contribution < -0.4 is 5.32 Å². The SMILES string of the molecule is CC(NCCc1ccn(C)n1)c1ccoc1. The molecule has 0 aliphatic carbocycles. The summed E-state index contributed by atoms with van der Waals surface area (Å²) in [5, 5.41) is 7.76. The predicted molar refractivity (Wildman–Crippen MR) is 62.0 cm³/mol. The number of hydrogen-bond donors (Lipinski definition) is 1. The van der Waals surface area contributed by atoms with E-state index in [1.54, 1.807) is 12.5 Å². The van der Waals surface area contributed by atoms with Gasteiger partial charge in [-0.2, -0.15) is 5.10 Å². The summed E-state index contributed by atoms with van der Waals surface area (Å²) < 4.78 is 6.88.